The van der Waals surface area contributed by atoms with Gasteiger partial charge in [0.1, 0.15) is 13.2 Å². The molecule has 6 fully saturated rings. The molecule has 0 aromatic carbocycles. The van der Waals surface area contributed by atoms with E-state index >= 15 is 0 Å². The van der Waals surface area contributed by atoms with Crippen LogP contribution in [0.2, 0.25) is 0 Å². The third-order valence-electron chi connectivity index (χ3n) is 12.0. The molecule has 0 radical (unpaired) electrons. The van der Waals surface area contributed by atoms with Gasteiger partial charge >= 0.3 is 11.9 Å². The van der Waals surface area contributed by atoms with Gasteiger partial charge in [0.15, 0.2) is 0 Å². The molecule has 38 heavy (non-hydrogen) atoms. The quantitative estimate of drug-likeness (QED) is 0.213. The Morgan fingerprint density at radius 1 is 0.816 bits per heavy atom. The zero-order chi connectivity index (χ0) is 27.9. The molecule has 6 aliphatic rings. The van der Waals surface area contributed by atoms with Gasteiger partial charge in [-0.15, -0.1) is 0 Å². The smallest absolute Gasteiger partial charge is 0.302 e. The van der Waals surface area contributed by atoms with E-state index in [9.17, 15) is 9.59 Å². The average Bonchev–Trinajstić information content (AvgIpc) is 3.43. The van der Waals surface area contributed by atoms with Crippen molar-refractivity contribution < 1.29 is 19.1 Å². The highest BCUT2D eigenvalue weighted by Gasteiger charge is 2.80. The van der Waals surface area contributed by atoms with Gasteiger partial charge < -0.3 is 9.47 Å². The van der Waals surface area contributed by atoms with Crippen molar-refractivity contribution >= 4 is 11.9 Å². The van der Waals surface area contributed by atoms with E-state index in [-0.39, 0.29) is 11.9 Å². The van der Waals surface area contributed by atoms with E-state index in [4.69, 9.17) is 9.47 Å². The summed E-state index contributed by atoms with van der Waals surface area (Å²) in [5.41, 5.74) is 5.40. The van der Waals surface area contributed by atoms with E-state index in [0.29, 0.717) is 29.5 Å². The number of carbonyl (C=O) groups excluding carboxylic acids is 2. The van der Waals surface area contributed by atoms with Crippen LogP contribution in [0.3, 0.4) is 0 Å². The van der Waals surface area contributed by atoms with Crippen LogP contribution in [0.5, 0.6) is 0 Å². The first-order valence-electron chi connectivity index (χ1n) is 15.1. The number of hydrogen-bond donors (Lipinski definition) is 0. The topological polar surface area (TPSA) is 52.6 Å². The molecule has 0 spiro atoms. The molecular weight excluding hydrogens is 472 g/mol. The number of hydrogen-bond acceptors (Lipinski definition) is 4. The van der Waals surface area contributed by atoms with Crippen LogP contribution in [-0.2, 0) is 19.1 Å². The van der Waals surface area contributed by atoms with E-state index in [1.807, 2.05) is 6.92 Å². The molecule has 0 saturated heterocycles. The molecule has 6 saturated carbocycles. The fraction of sp³-hybridized carbons (Fsp3) is 0.765. The Hall–Kier alpha value is -1.84. The lowest BCUT2D eigenvalue weighted by Gasteiger charge is -2.36. The number of carbonyl (C=O) groups is 2. The van der Waals surface area contributed by atoms with Crippen molar-refractivity contribution in [2.75, 3.05) is 13.2 Å². The second-order valence-corrected chi connectivity index (χ2v) is 14.0. The third-order valence-corrected chi connectivity index (χ3v) is 12.0. The molecule has 4 nitrogen and oxygen atoms in total. The minimum absolute atomic E-state index is 0.190. The Balaban J connectivity index is 0.000000177. The minimum atomic E-state index is -0.207. The van der Waals surface area contributed by atoms with Gasteiger partial charge in [-0.25, -0.2) is 0 Å². The second-order valence-electron chi connectivity index (χ2n) is 14.0. The maximum atomic E-state index is 10.8. The molecule has 6 rings (SSSR count). The van der Waals surface area contributed by atoms with Crippen molar-refractivity contribution in [3.8, 4) is 0 Å². The lowest BCUT2D eigenvalue weighted by Crippen LogP contribution is -2.26. The normalized spacial score (nSPS) is 40.2. The van der Waals surface area contributed by atoms with Crippen molar-refractivity contribution in [3.05, 3.63) is 35.5 Å². The van der Waals surface area contributed by atoms with Crippen LogP contribution >= 0.6 is 0 Å². The summed E-state index contributed by atoms with van der Waals surface area (Å²) in [5.74, 6) is 4.33. The maximum absolute atomic E-state index is 10.8. The predicted molar refractivity (Wildman–Crippen MR) is 153 cm³/mol. The first-order chi connectivity index (χ1) is 17.8. The number of fused-ring (bicyclic) bond motifs is 2. The van der Waals surface area contributed by atoms with Crippen LogP contribution in [0.25, 0.3) is 0 Å². The zero-order valence-electron chi connectivity index (χ0n) is 25.2. The number of rotatable bonds is 10. The Labute approximate surface area is 231 Å². The summed E-state index contributed by atoms with van der Waals surface area (Å²) in [4.78, 5) is 21.5. The largest absolute Gasteiger partial charge is 0.461 e. The molecule has 0 aromatic heterocycles. The summed E-state index contributed by atoms with van der Waals surface area (Å²) in [7, 11) is 0. The molecule has 8 atom stereocenters. The number of allylic oxidation sites excluding steroid dienone is 3. The molecule has 3 unspecified atom stereocenters. The Kier molecular flexibility index (Phi) is 8.41. The maximum Gasteiger partial charge on any atom is 0.302 e. The summed E-state index contributed by atoms with van der Waals surface area (Å²) < 4.78 is 10.0. The van der Waals surface area contributed by atoms with E-state index in [2.05, 4.69) is 46.4 Å². The van der Waals surface area contributed by atoms with Crippen molar-refractivity contribution in [1.29, 1.82) is 0 Å². The molecule has 0 N–H and O–H groups in total. The van der Waals surface area contributed by atoms with Gasteiger partial charge in [0, 0.05) is 13.8 Å². The van der Waals surface area contributed by atoms with Crippen LogP contribution in [0.15, 0.2) is 35.5 Å². The van der Waals surface area contributed by atoms with Crippen molar-refractivity contribution in [1.82, 2.24) is 0 Å². The van der Waals surface area contributed by atoms with E-state index < -0.39 is 0 Å². The molecule has 0 amide bonds. The molecule has 0 heterocycles. The van der Waals surface area contributed by atoms with Gasteiger partial charge in [0.2, 0.25) is 0 Å². The van der Waals surface area contributed by atoms with Gasteiger partial charge in [-0.3, -0.25) is 9.59 Å². The molecular formula is C34H52O4. The summed E-state index contributed by atoms with van der Waals surface area (Å²) >= 11 is 0. The second kappa shape index (κ2) is 11.0. The summed E-state index contributed by atoms with van der Waals surface area (Å²) in [6, 6.07) is 0. The summed E-state index contributed by atoms with van der Waals surface area (Å²) in [6.07, 6.45) is 16.3. The van der Waals surface area contributed by atoms with Crippen molar-refractivity contribution in [3.63, 3.8) is 0 Å². The summed E-state index contributed by atoms with van der Waals surface area (Å²) in [5, 5.41) is 0. The third kappa shape index (κ3) is 5.30. The standard InChI is InChI=1S/2C17H26O2/c1-11(10-19-12(2)18)6-5-7-16(3)13-8-14-15(9-13)17(14,16)4;1-12(11-19-14(3)18)6-5-9-17(4)13(2)15-7-8-16(17)10-15/h6,13-15H,5,7-10H2,1-4H3;6,15-16H,2,5,7-11H2,1,3-4H3/b11-6-;12-6-/t13?,14-,15?,16-,17?;15-,16+,17+/m10/s1. The van der Waals surface area contributed by atoms with Crippen LogP contribution in [0.4, 0.5) is 0 Å². The molecule has 6 bridgehead atoms. The van der Waals surface area contributed by atoms with E-state index in [1.54, 1.807) is 0 Å². The monoisotopic (exact) mass is 524 g/mol. The van der Waals surface area contributed by atoms with Crippen LogP contribution in [-0.4, -0.2) is 25.2 Å². The van der Waals surface area contributed by atoms with E-state index in [1.165, 1.54) is 69.9 Å². The highest BCUT2D eigenvalue weighted by Crippen LogP contribution is 2.87. The highest BCUT2D eigenvalue weighted by atomic mass is 16.5. The van der Waals surface area contributed by atoms with Crippen LogP contribution < -0.4 is 0 Å². The first kappa shape index (κ1) is 29.2. The van der Waals surface area contributed by atoms with Gasteiger partial charge in [-0.05, 0) is 129 Å². The Morgan fingerprint density at radius 3 is 1.76 bits per heavy atom. The van der Waals surface area contributed by atoms with Crippen molar-refractivity contribution in [2.45, 2.75) is 106 Å². The minimum Gasteiger partial charge on any atom is -0.461 e. The number of ether oxygens (including phenoxy) is 2. The molecule has 212 valence electrons. The number of esters is 2. The summed E-state index contributed by atoms with van der Waals surface area (Å²) in [6.45, 7) is 19.7. The molecule has 0 aliphatic heterocycles. The Bertz CT molecular complexity index is 992. The Morgan fingerprint density at radius 2 is 1.34 bits per heavy atom. The van der Waals surface area contributed by atoms with Crippen molar-refractivity contribution in [2.24, 2.45) is 45.8 Å². The fourth-order valence-corrected chi connectivity index (χ4v) is 9.26. The van der Waals surface area contributed by atoms with Gasteiger partial charge in [-0.1, -0.05) is 45.1 Å². The molecule has 6 aliphatic carbocycles. The van der Waals surface area contributed by atoms with Gasteiger partial charge in [-0.2, -0.15) is 0 Å². The van der Waals surface area contributed by atoms with Crippen LogP contribution in [0.1, 0.15) is 106 Å². The van der Waals surface area contributed by atoms with Crippen LogP contribution in [0, 0.1) is 45.8 Å². The zero-order valence-corrected chi connectivity index (χ0v) is 25.2. The van der Waals surface area contributed by atoms with Gasteiger partial charge in [0.05, 0.1) is 0 Å². The predicted octanol–water partition coefficient (Wildman–Crippen LogP) is 8.23. The lowest BCUT2D eigenvalue weighted by atomic mass is 9.69. The van der Waals surface area contributed by atoms with Gasteiger partial charge in [0.25, 0.3) is 0 Å². The fourth-order valence-electron chi connectivity index (χ4n) is 9.26. The lowest BCUT2D eigenvalue weighted by molar-refractivity contribution is -0.140. The SMILES string of the molecule is C=C1[C@H]2CC[C@H](C2)[C@]1(C)CC/C=C(/C)COC(C)=O.CC(=O)OC/C(C)=C\CC[C@]1(C)C2CC3[C@@H](C2)C31C. The highest BCUT2D eigenvalue weighted by molar-refractivity contribution is 5.66. The molecule has 0 aromatic rings. The van der Waals surface area contributed by atoms with E-state index in [0.717, 1.165) is 48.0 Å². The first-order valence-corrected chi connectivity index (χ1v) is 15.1. The average molecular weight is 525 g/mol. The molecule has 4 heteroatoms.